The molecule has 1 atom stereocenters. The molecule has 0 aliphatic carbocycles. The molecule has 0 spiro atoms. The minimum absolute atomic E-state index is 0.293. The predicted octanol–water partition coefficient (Wildman–Crippen LogP) is 4.19. The molecule has 2 heterocycles. The maximum atomic E-state index is 12.1. The molecule has 4 rings (SSSR count). The minimum atomic E-state index is -0.499. The third-order valence-electron chi connectivity index (χ3n) is 4.97. The van der Waals surface area contributed by atoms with Crippen LogP contribution in [0, 0.1) is 0 Å². The lowest BCUT2D eigenvalue weighted by molar-refractivity contribution is 0.0996. The molecule has 0 radical (unpaired) electrons. The van der Waals surface area contributed by atoms with Gasteiger partial charge in [-0.15, -0.1) is 0 Å². The number of carbonyl (C=O) groups is 1. The van der Waals surface area contributed by atoms with Gasteiger partial charge in [-0.1, -0.05) is 60.7 Å². The molecular formula is C22H21N3O. The summed E-state index contributed by atoms with van der Waals surface area (Å²) in [6, 6.07) is 22.7. The zero-order valence-electron chi connectivity index (χ0n) is 14.5. The largest absolute Gasteiger partial charge is 0.364 e. The van der Waals surface area contributed by atoms with Gasteiger partial charge in [0.05, 0.1) is 6.04 Å². The van der Waals surface area contributed by atoms with Crippen molar-refractivity contribution < 1.29 is 4.79 Å². The molecule has 26 heavy (non-hydrogen) atoms. The Hall–Kier alpha value is -3.14. The van der Waals surface area contributed by atoms with Crippen LogP contribution in [0.4, 0.5) is 5.69 Å². The highest BCUT2D eigenvalue weighted by molar-refractivity contribution is 6.01. The Morgan fingerprint density at radius 1 is 1.00 bits per heavy atom. The maximum Gasteiger partial charge on any atom is 0.268 e. The van der Waals surface area contributed by atoms with Crippen LogP contribution in [0.25, 0.3) is 11.1 Å². The van der Waals surface area contributed by atoms with E-state index in [1.165, 1.54) is 5.56 Å². The van der Waals surface area contributed by atoms with Crippen molar-refractivity contribution in [2.45, 2.75) is 18.9 Å². The Bertz CT molecular complexity index is 909. The molecule has 3 aromatic rings. The average molecular weight is 343 g/mol. The van der Waals surface area contributed by atoms with E-state index in [9.17, 15) is 4.79 Å². The standard InChI is InChI=1S/C22H21N3O/c23-22(26)21-20(17-10-5-2-6-11-17)19(13-14-24-21)25-15-7-12-18(25)16-8-3-1-4-9-16/h1-6,8-11,13-14,18H,7,12,15H2,(H2,23,26). The first-order chi connectivity index (χ1) is 12.8. The van der Waals surface area contributed by atoms with E-state index in [1.807, 2.05) is 42.5 Å². The van der Waals surface area contributed by atoms with Crippen molar-refractivity contribution >= 4 is 11.6 Å². The van der Waals surface area contributed by atoms with Crippen LogP contribution in [0.15, 0.2) is 72.9 Å². The Kier molecular flexibility index (Phi) is 4.40. The zero-order valence-corrected chi connectivity index (χ0v) is 14.5. The molecule has 1 aromatic heterocycles. The van der Waals surface area contributed by atoms with E-state index in [0.29, 0.717) is 11.7 Å². The maximum absolute atomic E-state index is 12.1. The van der Waals surface area contributed by atoms with Crippen molar-refractivity contribution in [1.29, 1.82) is 0 Å². The van der Waals surface area contributed by atoms with Gasteiger partial charge in [0.2, 0.25) is 0 Å². The smallest absolute Gasteiger partial charge is 0.268 e. The molecule has 1 fully saturated rings. The van der Waals surface area contributed by atoms with Gasteiger partial charge in [-0.2, -0.15) is 0 Å². The molecule has 1 saturated heterocycles. The fourth-order valence-corrected chi connectivity index (χ4v) is 3.84. The number of primary amides is 1. The van der Waals surface area contributed by atoms with Crippen molar-refractivity contribution in [2.75, 3.05) is 11.4 Å². The number of hydrogen-bond donors (Lipinski definition) is 1. The third kappa shape index (κ3) is 2.94. The quantitative estimate of drug-likeness (QED) is 0.773. The first-order valence-corrected chi connectivity index (χ1v) is 8.91. The van der Waals surface area contributed by atoms with Crippen LogP contribution >= 0.6 is 0 Å². The normalized spacial score (nSPS) is 16.6. The second-order valence-electron chi connectivity index (χ2n) is 6.55. The van der Waals surface area contributed by atoms with Crippen LogP contribution in [0.3, 0.4) is 0 Å². The van der Waals surface area contributed by atoms with E-state index in [0.717, 1.165) is 36.2 Å². The van der Waals surface area contributed by atoms with Gasteiger partial charge in [0, 0.05) is 24.0 Å². The van der Waals surface area contributed by atoms with Crippen LogP contribution in [-0.4, -0.2) is 17.4 Å². The van der Waals surface area contributed by atoms with E-state index in [2.05, 4.69) is 34.1 Å². The molecule has 2 aromatic carbocycles. The lowest BCUT2D eigenvalue weighted by Crippen LogP contribution is -2.25. The summed E-state index contributed by atoms with van der Waals surface area (Å²) in [5, 5.41) is 0. The van der Waals surface area contributed by atoms with E-state index < -0.39 is 5.91 Å². The summed E-state index contributed by atoms with van der Waals surface area (Å²) in [5.41, 5.74) is 10.1. The second kappa shape index (κ2) is 7.00. The van der Waals surface area contributed by atoms with Crippen LogP contribution in [0.1, 0.15) is 34.9 Å². The lowest BCUT2D eigenvalue weighted by Gasteiger charge is -2.30. The third-order valence-corrected chi connectivity index (χ3v) is 4.97. The molecule has 4 nitrogen and oxygen atoms in total. The van der Waals surface area contributed by atoms with Crippen LogP contribution in [-0.2, 0) is 0 Å². The number of hydrogen-bond acceptors (Lipinski definition) is 3. The summed E-state index contributed by atoms with van der Waals surface area (Å²) in [4.78, 5) is 18.7. The summed E-state index contributed by atoms with van der Waals surface area (Å²) in [6.07, 6.45) is 3.89. The fourth-order valence-electron chi connectivity index (χ4n) is 3.84. The van der Waals surface area contributed by atoms with Crippen molar-refractivity contribution in [3.05, 3.63) is 84.2 Å². The number of carbonyl (C=O) groups excluding carboxylic acids is 1. The number of pyridine rings is 1. The molecule has 1 amide bonds. The summed E-state index contributed by atoms with van der Waals surface area (Å²) in [7, 11) is 0. The van der Waals surface area contributed by atoms with Gasteiger partial charge in [0.25, 0.3) is 5.91 Å². The summed E-state index contributed by atoms with van der Waals surface area (Å²) >= 11 is 0. The van der Waals surface area contributed by atoms with Crippen LogP contribution < -0.4 is 10.6 Å². The molecular weight excluding hydrogens is 322 g/mol. The van der Waals surface area contributed by atoms with Crippen molar-refractivity contribution in [3.8, 4) is 11.1 Å². The number of nitrogens with two attached hydrogens (primary N) is 1. The first kappa shape index (κ1) is 16.3. The highest BCUT2D eigenvalue weighted by atomic mass is 16.1. The van der Waals surface area contributed by atoms with Gasteiger partial charge < -0.3 is 10.6 Å². The predicted molar refractivity (Wildman–Crippen MR) is 104 cm³/mol. The Morgan fingerprint density at radius 2 is 1.69 bits per heavy atom. The summed E-state index contributed by atoms with van der Waals surface area (Å²) in [6.45, 7) is 0.946. The van der Waals surface area contributed by atoms with Crippen molar-refractivity contribution in [1.82, 2.24) is 4.98 Å². The van der Waals surface area contributed by atoms with Gasteiger partial charge in [-0.3, -0.25) is 9.78 Å². The number of rotatable bonds is 4. The van der Waals surface area contributed by atoms with E-state index >= 15 is 0 Å². The molecule has 0 saturated carbocycles. The Labute approximate surface area is 153 Å². The number of benzene rings is 2. The topological polar surface area (TPSA) is 59.2 Å². The summed E-state index contributed by atoms with van der Waals surface area (Å²) < 4.78 is 0. The van der Waals surface area contributed by atoms with Gasteiger partial charge in [0.15, 0.2) is 0 Å². The fraction of sp³-hybridized carbons (Fsp3) is 0.182. The Morgan fingerprint density at radius 3 is 2.38 bits per heavy atom. The molecule has 4 heteroatoms. The van der Waals surface area contributed by atoms with Crippen LogP contribution in [0.2, 0.25) is 0 Å². The van der Waals surface area contributed by atoms with E-state index in [-0.39, 0.29) is 0 Å². The number of nitrogens with zero attached hydrogens (tertiary/aromatic N) is 2. The average Bonchev–Trinajstić information content (AvgIpc) is 3.18. The minimum Gasteiger partial charge on any atom is -0.364 e. The second-order valence-corrected chi connectivity index (χ2v) is 6.55. The SMILES string of the molecule is NC(=O)c1nccc(N2CCCC2c2ccccc2)c1-c1ccccc1. The van der Waals surface area contributed by atoms with Gasteiger partial charge in [-0.05, 0) is 30.0 Å². The molecule has 0 bridgehead atoms. The molecule has 130 valence electrons. The van der Waals surface area contributed by atoms with Gasteiger partial charge in [-0.25, -0.2) is 0 Å². The Balaban J connectivity index is 1.86. The number of aromatic nitrogens is 1. The van der Waals surface area contributed by atoms with Gasteiger partial charge in [0.1, 0.15) is 5.69 Å². The monoisotopic (exact) mass is 343 g/mol. The van der Waals surface area contributed by atoms with Gasteiger partial charge >= 0.3 is 0 Å². The first-order valence-electron chi connectivity index (χ1n) is 8.91. The van der Waals surface area contributed by atoms with E-state index in [1.54, 1.807) is 6.20 Å². The van der Waals surface area contributed by atoms with Crippen molar-refractivity contribution in [3.63, 3.8) is 0 Å². The molecule has 1 aliphatic heterocycles. The number of anilines is 1. The number of amides is 1. The molecule has 1 aliphatic rings. The molecule has 2 N–H and O–H groups in total. The lowest BCUT2D eigenvalue weighted by atomic mass is 9.99. The molecule has 1 unspecified atom stereocenters. The van der Waals surface area contributed by atoms with Crippen molar-refractivity contribution in [2.24, 2.45) is 5.73 Å². The highest BCUT2D eigenvalue weighted by Gasteiger charge is 2.29. The van der Waals surface area contributed by atoms with E-state index in [4.69, 9.17) is 5.73 Å². The summed E-state index contributed by atoms with van der Waals surface area (Å²) in [5.74, 6) is -0.499. The van der Waals surface area contributed by atoms with Crippen LogP contribution in [0.5, 0.6) is 0 Å². The highest BCUT2D eigenvalue weighted by Crippen LogP contribution is 2.41. The zero-order chi connectivity index (χ0) is 17.9.